The second kappa shape index (κ2) is 31.2. The third-order valence-corrected chi connectivity index (χ3v) is 22.5. The Morgan fingerprint density at radius 1 is 0.284 bits per heavy atom. The zero-order valence-electron chi connectivity index (χ0n) is 56.6. The standard InChI is InChI=1S/C44H60B2O4.C32H36Br2.2C2H6/c1-41(2)42(3,4)48-45(47-41)39-29-38(18-14-10-12-16-32-20-22-34-24-26-36(34)28-32)40(46-49-43(5,6)44(7,8)50-46)30-37(39)17-13-9-11-15-31-19-21-33-23-25-35(33)27-31;33-31-22-30(10-6-2-4-8-24-12-14-26-16-18-28(26)20-24)32(34)21-29(31)9-5-1-3-7-23-11-13-25-15-17-27(25)19-23;2*1-2/h19-22,27-30H,9-18,23-26H2,1-8H3;11-14,19-22H,1-10,15-18H2;2*1-2H3. The largest absolute Gasteiger partial charge is 0.495 e. The van der Waals surface area contributed by atoms with E-state index in [1.54, 1.807) is 44.5 Å². The molecule has 0 saturated carbocycles. The van der Waals surface area contributed by atoms with Crippen LogP contribution in [0.5, 0.6) is 0 Å². The first-order valence-corrected chi connectivity index (χ1v) is 36.7. The molecule has 0 radical (unpaired) electrons. The molecule has 0 bridgehead atoms. The van der Waals surface area contributed by atoms with E-state index in [1.165, 1.54) is 193 Å². The van der Waals surface area contributed by atoms with E-state index in [9.17, 15) is 0 Å². The van der Waals surface area contributed by atoms with Crippen molar-refractivity contribution >= 4 is 57.0 Å². The van der Waals surface area contributed by atoms with Gasteiger partial charge in [-0.25, -0.2) is 0 Å². The number of halogens is 2. The lowest BCUT2D eigenvalue weighted by atomic mass is 9.67. The number of benzene rings is 6. The van der Waals surface area contributed by atoms with Crippen molar-refractivity contribution < 1.29 is 18.6 Å². The SMILES string of the molecule is Brc1cc(CCCCCc2ccc3c(c2)CC3)c(Br)cc1CCCCCc1ccc2c(c1)CC2.CC.CC.CC1(C)OB(c2cc(CCCCCc3ccc4c(c3)CC4)c(B3OC(C)(C)C(C)(C)O3)cc2CCCCCc2ccc3c(c2)CC3)OC1(C)C. The zero-order valence-corrected chi connectivity index (χ0v) is 59.8. The molecule has 6 aromatic rings. The molecule has 6 aliphatic rings. The van der Waals surface area contributed by atoms with Gasteiger partial charge < -0.3 is 18.6 Å². The third kappa shape index (κ3) is 17.1. The van der Waals surface area contributed by atoms with Gasteiger partial charge in [0.25, 0.3) is 0 Å². The molecule has 0 N–H and O–H groups in total. The van der Waals surface area contributed by atoms with E-state index in [2.05, 4.69) is 184 Å². The van der Waals surface area contributed by atoms with Crippen LogP contribution in [0.4, 0.5) is 0 Å². The Balaban J connectivity index is 0.000000211. The van der Waals surface area contributed by atoms with Crippen LogP contribution in [-0.2, 0) is 121 Å². The molecule has 12 rings (SSSR count). The zero-order chi connectivity index (χ0) is 62.6. The van der Waals surface area contributed by atoms with E-state index >= 15 is 0 Å². The Hall–Kier alpha value is -3.75. The van der Waals surface area contributed by atoms with E-state index in [-0.39, 0.29) is 14.2 Å². The van der Waals surface area contributed by atoms with Crippen LogP contribution in [-0.4, -0.2) is 36.6 Å². The predicted molar refractivity (Wildman–Crippen MR) is 383 cm³/mol. The van der Waals surface area contributed by atoms with Gasteiger partial charge in [-0.15, -0.1) is 0 Å². The van der Waals surface area contributed by atoms with E-state index in [1.807, 2.05) is 27.7 Å². The first-order chi connectivity index (χ1) is 42.4. The van der Waals surface area contributed by atoms with Gasteiger partial charge >= 0.3 is 14.2 Å². The molecule has 2 aliphatic heterocycles. The first kappa shape index (κ1) is 68.6. The van der Waals surface area contributed by atoms with Crippen LogP contribution >= 0.6 is 31.9 Å². The van der Waals surface area contributed by atoms with Crippen molar-refractivity contribution in [2.45, 2.75) is 285 Å². The molecule has 0 spiro atoms. The predicted octanol–water partition coefficient (Wildman–Crippen LogP) is 19.8. The summed E-state index contributed by atoms with van der Waals surface area (Å²) in [5.74, 6) is 0. The minimum atomic E-state index is -0.394. The average molecular weight is 1320 g/mol. The van der Waals surface area contributed by atoms with Crippen LogP contribution in [0.25, 0.3) is 0 Å². The van der Waals surface area contributed by atoms with Gasteiger partial charge in [0.15, 0.2) is 0 Å². The molecule has 0 amide bonds. The van der Waals surface area contributed by atoms with Crippen LogP contribution in [0.3, 0.4) is 0 Å². The maximum Gasteiger partial charge on any atom is 0.495 e. The summed E-state index contributed by atoms with van der Waals surface area (Å²) in [5, 5.41) is 0. The van der Waals surface area contributed by atoms with Gasteiger partial charge in [0.1, 0.15) is 0 Å². The summed E-state index contributed by atoms with van der Waals surface area (Å²) in [6, 6.07) is 38.0. The fraction of sp³-hybridized carbons (Fsp3) is 0.550. The smallest absolute Gasteiger partial charge is 0.399 e. The Kier molecular flexibility index (Phi) is 24.4. The number of unbranched alkanes of at least 4 members (excludes halogenated alkanes) is 8. The Labute approximate surface area is 552 Å². The number of hydrogen-bond acceptors (Lipinski definition) is 4. The average Bonchev–Trinajstić information content (AvgIpc) is 1.93. The minimum absolute atomic E-state index is 0.390. The van der Waals surface area contributed by atoms with Crippen LogP contribution < -0.4 is 10.9 Å². The molecule has 0 aromatic heterocycles. The van der Waals surface area contributed by atoms with Gasteiger partial charge in [0.2, 0.25) is 0 Å². The highest BCUT2D eigenvalue weighted by atomic mass is 79.9. The van der Waals surface area contributed by atoms with Crippen LogP contribution in [0.2, 0.25) is 0 Å². The fourth-order valence-electron chi connectivity index (χ4n) is 13.5. The van der Waals surface area contributed by atoms with Crippen LogP contribution in [0.1, 0.15) is 249 Å². The normalized spacial score (nSPS) is 17.2. The van der Waals surface area contributed by atoms with Crippen molar-refractivity contribution in [2.75, 3.05) is 0 Å². The summed E-state index contributed by atoms with van der Waals surface area (Å²) in [7, 11) is -0.779. The first-order valence-electron chi connectivity index (χ1n) is 35.1. The Bertz CT molecular complexity index is 3030. The Morgan fingerprint density at radius 3 is 0.739 bits per heavy atom. The maximum atomic E-state index is 6.72. The van der Waals surface area contributed by atoms with Gasteiger partial charge in [0, 0.05) is 8.95 Å². The Morgan fingerprint density at radius 2 is 0.511 bits per heavy atom. The molecule has 472 valence electrons. The van der Waals surface area contributed by atoms with Crippen molar-refractivity contribution in [2.24, 2.45) is 0 Å². The summed E-state index contributed by atoms with van der Waals surface area (Å²) in [5.41, 5.74) is 24.9. The summed E-state index contributed by atoms with van der Waals surface area (Å²) in [6.45, 7) is 25.2. The lowest BCUT2D eigenvalue weighted by Crippen LogP contribution is -2.43. The lowest BCUT2D eigenvalue weighted by Gasteiger charge is -2.32. The van der Waals surface area contributed by atoms with Gasteiger partial charge in [-0.05, 0) is 322 Å². The molecule has 2 heterocycles. The summed E-state index contributed by atoms with van der Waals surface area (Å²) in [6.07, 6.45) is 34.0. The van der Waals surface area contributed by atoms with Gasteiger partial charge in [-0.2, -0.15) is 0 Å². The second-order valence-corrected chi connectivity index (χ2v) is 29.8. The topological polar surface area (TPSA) is 36.9 Å². The van der Waals surface area contributed by atoms with Gasteiger partial charge in [-0.3, -0.25) is 0 Å². The quantitative estimate of drug-likeness (QED) is 0.0401. The maximum absolute atomic E-state index is 6.72. The lowest BCUT2D eigenvalue weighted by molar-refractivity contribution is 0.00578. The van der Waals surface area contributed by atoms with Crippen LogP contribution in [0, 0.1) is 0 Å². The van der Waals surface area contributed by atoms with Crippen molar-refractivity contribution in [3.63, 3.8) is 0 Å². The molecule has 88 heavy (non-hydrogen) atoms. The second-order valence-electron chi connectivity index (χ2n) is 28.1. The highest BCUT2D eigenvalue weighted by molar-refractivity contribution is 9.11. The molecule has 8 heteroatoms. The molecule has 4 aliphatic carbocycles. The summed E-state index contributed by atoms with van der Waals surface area (Å²) >= 11 is 7.72. The van der Waals surface area contributed by atoms with E-state index in [0.717, 1.165) is 51.4 Å². The van der Waals surface area contributed by atoms with E-state index in [0.29, 0.717) is 0 Å². The number of rotatable bonds is 26. The van der Waals surface area contributed by atoms with Crippen molar-refractivity contribution in [3.8, 4) is 0 Å². The number of aryl methyl sites for hydroxylation is 16. The summed E-state index contributed by atoms with van der Waals surface area (Å²) < 4.78 is 29.5. The highest BCUT2D eigenvalue weighted by Gasteiger charge is 2.54. The molecule has 6 aromatic carbocycles. The van der Waals surface area contributed by atoms with Crippen molar-refractivity contribution in [3.05, 3.63) is 195 Å². The molecular formula is C80H108B2Br2O4. The monoisotopic (exact) mass is 1310 g/mol. The number of hydrogen-bond donors (Lipinski definition) is 0. The van der Waals surface area contributed by atoms with Crippen molar-refractivity contribution in [1.82, 2.24) is 0 Å². The molecule has 0 unspecified atom stereocenters. The fourth-order valence-corrected chi connectivity index (χ4v) is 14.6. The van der Waals surface area contributed by atoms with Gasteiger partial charge in [-0.1, -0.05) is 170 Å². The van der Waals surface area contributed by atoms with Crippen molar-refractivity contribution in [1.29, 1.82) is 0 Å². The molecule has 2 saturated heterocycles. The highest BCUT2D eigenvalue weighted by Crippen LogP contribution is 2.40. The van der Waals surface area contributed by atoms with E-state index in [4.69, 9.17) is 18.6 Å². The molecule has 0 atom stereocenters. The van der Waals surface area contributed by atoms with Crippen LogP contribution in [0.15, 0.2) is 106 Å². The molecular weight excluding hydrogens is 1210 g/mol. The molecule has 4 nitrogen and oxygen atoms in total. The van der Waals surface area contributed by atoms with Gasteiger partial charge in [0.05, 0.1) is 22.4 Å². The number of fused-ring (bicyclic) bond motifs is 4. The van der Waals surface area contributed by atoms with E-state index < -0.39 is 22.4 Å². The summed E-state index contributed by atoms with van der Waals surface area (Å²) in [4.78, 5) is 0. The molecule has 2 fully saturated rings. The third-order valence-electron chi connectivity index (χ3n) is 21.0. The minimum Gasteiger partial charge on any atom is -0.399 e.